The van der Waals surface area contributed by atoms with Crippen molar-refractivity contribution in [1.82, 2.24) is 4.98 Å². The Morgan fingerprint density at radius 1 is 1.15 bits per heavy atom. The van der Waals surface area contributed by atoms with E-state index in [1.54, 1.807) is 0 Å². The van der Waals surface area contributed by atoms with Gasteiger partial charge >= 0.3 is 0 Å². The summed E-state index contributed by atoms with van der Waals surface area (Å²) in [7, 11) is 0. The molecule has 0 bridgehead atoms. The molecule has 2 nitrogen and oxygen atoms in total. The third-order valence-corrected chi connectivity index (χ3v) is 3.75. The molecule has 7 heteroatoms. The van der Waals surface area contributed by atoms with Crippen molar-refractivity contribution in [3.8, 4) is 0 Å². The lowest BCUT2D eigenvalue weighted by atomic mass is 10.1. The Labute approximate surface area is 117 Å². The number of benzene rings is 1. The van der Waals surface area contributed by atoms with Crippen LogP contribution >= 0.6 is 11.3 Å². The van der Waals surface area contributed by atoms with Crippen LogP contribution in [-0.2, 0) is 12.8 Å². The van der Waals surface area contributed by atoms with Crippen LogP contribution in [0.5, 0.6) is 0 Å². The molecule has 0 atom stereocenters. The molecule has 0 aliphatic rings. The van der Waals surface area contributed by atoms with Gasteiger partial charge in [0.15, 0.2) is 28.4 Å². The lowest BCUT2D eigenvalue weighted by Gasteiger charge is -2.06. The first kappa shape index (κ1) is 14.8. The molecule has 2 rings (SSSR count). The van der Waals surface area contributed by atoms with Crippen LogP contribution in [0.25, 0.3) is 0 Å². The predicted molar refractivity (Wildman–Crippen MR) is 69.6 cm³/mol. The predicted octanol–water partition coefficient (Wildman–Crippen LogP) is 3.83. The smallest absolute Gasteiger partial charge is 0.180 e. The summed E-state index contributed by atoms with van der Waals surface area (Å²) in [6, 6.07) is 0.197. The molecule has 0 saturated heterocycles. The summed E-state index contributed by atoms with van der Waals surface area (Å²) in [5.41, 5.74) is 5.55. The van der Waals surface area contributed by atoms with E-state index < -0.39 is 28.8 Å². The van der Waals surface area contributed by atoms with Crippen LogP contribution in [0.4, 0.5) is 22.7 Å². The van der Waals surface area contributed by atoms with E-state index in [4.69, 9.17) is 5.73 Å². The fraction of sp³-hybridized carbons (Fsp3) is 0.308. The molecular weight excluding hydrogens is 292 g/mol. The normalized spacial score (nSPS) is 11.1. The summed E-state index contributed by atoms with van der Waals surface area (Å²) in [4.78, 5) is 4.59. The molecule has 1 aromatic heterocycles. The van der Waals surface area contributed by atoms with Crippen LogP contribution in [0, 0.1) is 23.3 Å². The molecule has 1 aromatic carbocycles. The average Bonchev–Trinajstić information content (AvgIpc) is 2.73. The maximum absolute atomic E-state index is 13.6. The Kier molecular flexibility index (Phi) is 4.27. The van der Waals surface area contributed by atoms with Gasteiger partial charge in [0.05, 0.1) is 5.69 Å². The Hall–Kier alpha value is -1.63. The van der Waals surface area contributed by atoms with E-state index in [2.05, 4.69) is 4.98 Å². The highest BCUT2D eigenvalue weighted by atomic mass is 32.1. The van der Waals surface area contributed by atoms with Crippen molar-refractivity contribution in [3.63, 3.8) is 0 Å². The highest BCUT2D eigenvalue weighted by Gasteiger charge is 2.21. The van der Waals surface area contributed by atoms with Crippen molar-refractivity contribution >= 4 is 16.5 Å². The third kappa shape index (κ3) is 2.77. The van der Waals surface area contributed by atoms with E-state index in [1.807, 2.05) is 6.92 Å². The van der Waals surface area contributed by atoms with Crippen molar-refractivity contribution in [2.24, 2.45) is 0 Å². The monoisotopic (exact) mass is 304 g/mol. The second-order valence-corrected chi connectivity index (χ2v) is 5.41. The van der Waals surface area contributed by atoms with Gasteiger partial charge in [-0.1, -0.05) is 13.3 Å². The molecular formula is C13H12F4N2S. The van der Waals surface area contributed by atoms with Crippen molar-refractivity contribution in [3.05, 3.63) is 45.5 Å². The maximum atomic E-state index is 13.6. The third-order valence-electron chi connectivity index (χ3n) is 2.82. The van der Waals surface area contributed by atoms with E-state index in [1.165, 1.54) is 0 Å². The zero-order chi connectivity index (χ0) is 14.9. The van der Waals surface area contributed by atoms with Crippen LogP contribution in [0.1, 0.15) is 29.5 Å². The zero-order valence-electron chi connectivity index (χ0n) is 10.6. The molecule has 0 amide bonds. The minimum Gasteiger partial charge on any atom is -0.375 e. The first-order valence-corrected chi connectivity index (χ1v) is 6.81. The number of nitrogens with two attached hydrogens (primary N) is 1. The number of hydrogen-bond acceptors (Lipinski definition) is 3. The van der Waals surface area contributed by atoms with Gasteiger partial charge in [0.2, 0.25) is 0 Å². The number of nitrogen functional groups attached to an aromatic ring is 1. The van der Waals surface area contributed by atoms with Crippen molar-refractivity contribution in [1.29, 1.82) is 0 Å². The summed E-state index contributed by atoms with van der Waals surface area (Å²) in [5.74, 6) is -5.57. The van der Waals surface area contributed by atoms with Crippen LogP contribution in [-0.4, -0.2) is 4.98 Å². The van der Waals surface area contributed by atoms with Crippen LogP contribution in [0.15, 0.2) is 6.07 Å². The number of rotatable bonds is 4. The summed E-state index contributed by atoms with van der Waals surface area (Å²) in [5, 5.41) is 0.265. The first-order valence-electron chi connectivity index (χ1n) is 6.00. The van der Waals surface area contributed by atoms with E-state index >= 15 is 0 Å². The van der Waals surface area contributed by atoms with Gasteiger partial charge in [-0.2, -0.15) is 0 Å². The number of thiazole rings is 1. The highest BCUT2D eigenvalue weighted by molar-refractivity contribution is 7.15. The summed E-state index contributed by atoms with van der Waals surface area (Å²) >= 11 is 1.07. The van der Waals surface area contributed by atoms with Gasteiger partial charge < -0.3 is 5.73 Å². The molecule has 0 aliphatic carbocycles. The fourth-order valence-corrected chi connectivity index (χ4v) is 2.80. The number of aromatic nitrogens is 1. The number of hydrogen-bond donors (Lipinski definition) is 1. The largest absolute Gasteiger partial charge is 0.375 e. The molecule has 0 fully saturated rings. The molecule has 0 aliphatic heterocycles. The Balaban J connectivity index is 2.45. The molecule has 108 valence electrons. The Bertz CT molecular complexity index is 614. The van der Waals surface area contributed by atoms with Gasteiger partial charge in [-0.05, 0) is 6.42 Å². The number of anilines is 1. The standard InChI is InChI=1S/C13H12F4N2S/c1-2-3-9-10(20-13(18)19-9)4-6-11(16)7(14)5-8(15)12(6)17/h5H,2-4H2,1H3,(H2,18,19). The summed E-state index contributed by atoms with van der Waals surface area (Å²) < 4.78 is 53.6. The van der Waals surface area contributed by atoms with E-state index in [-0.39, 0.29) is 17.6 Å². The maximum Gasteiger partial charge on any atom is 0.180 e. The lowest BCUT2D eigenvalue weighted by Crippen LogP contribution is -2.04. The van der Waals surface area contributed by atoms with Gasteiger partial charge in [0.1, 0.15) is 0 Å². The molecule has 0 saturated carbocycles. The Morgan fingerprint density at radius 3 is 2.30 bits per heavy atom. The second-order valence-electron chi connectivity index (χ2n) is 4.30. The van der Waals surface area contributed by atoms with E-state index in [0.717, 1.165) is 17.8 Å². The molecule has 0 radical (unpaired) electrons. The highest BCUT2D eigenvalue weighted by Crippen LogP contribution is 2.28. The molecule has 20 heavy (non-hydrogen) atoms. The number of nitrogens with zero attached hydrogens (tertiary/aromatic N) is 1. The quantitative estimate of drug-likeness (QED) is 0.689. The second kappa shape index (κ2) is 5.78. The fourth-order valence-electron chi connectivity index (χ4n) is 1.91. The molecule has 1 heterocycles. The first-order chi connectivity index (χ1) is 9.43. The van der Waals surface area contributed by atoms with Crippen molar-refractivity contribution < 1.29 is 17.6 Å². The minimum atomic E-state index is -1.41. The van der Waals surface area contributed by atoms with Crippen LogP contribution in [0.3, 0.4) is 0 Å². The van der Waals surface area contributed by atoms with Crippen molar-refractivity contribution in [2.45, 2.75) is 26.2 Å². The summed E-state index contributed by atoms with van der Waals surface area (Å²) in [6.45, 7) is 1.92. The topological polar surface area (TPSA) is 38.9 Å². The van der Waals surface area contributed by atoms with Gasteiger partial charge in [0, 0.05) is 22.9 Å². The molecule has 2 N–H and O–H groups in total. The number of aryl methyl sites for hydroxylation is 1. The minimum absolute atomic E-state index is 0.197. The van der Waals surface area contributed by atoms with Gasteiger partial charge in [-0.3, -0.25) is 0 Å². The van der Waals surface area contributed by atoms with Gasteiger partial charge in [0.25, 0.3) is 0 Å². The molecule has 0 spiro atoms. The van der Waals surface area contributed by atoms with Gasteiger partial charge in [-0.15, -0.1) is 11.3 Å². The Morgan fingerprint density at radius 2 is 1.75 bits per heavy atom. The zero-order valence-corrected chi connectivity index (χ0v) is 11.5. The lowest BCUT2D eigenvalue weighted by molar-refractivity contribution is 0.442. The average molecular weight is 304 g/mol. The SMILES string of the molecule is CCCc1nc(N)sc1Cc1c(F)c(F)cc(F)c1F. The summed E-state index contributed by atoms with van der Waals surface area (Å²) in [6.07, 6.45) is 1.10. The van der Waals surface area contributed by atoms with Crippen LogP contribution in [0.2, 0.25) is 0 Å². The van der Waals surface area contributed by atoms with Gasteiger partial charge in [-0.25, -0.2) is 22.5 Å². The van der Waals surface area contributed by atoms with E-state index in [9.17, 15) is 17.6 Å². The van der Waals surface area contributed by atoms with Crippen LogP contribution < -0.4 is 5.73 Å². The molecule has 0 unspecified atom stereocenters. The van der Waals surface area contributed by atoms with Crippen molar-refractivity contribution in [2.75, 3.05) is 5.73 Å². The molecule has 2 aromatic rings. The van der Waals surface area contributed by atoms with E-state index in [0.29, 0.717) is 17.0 Å². The number of halogens is 4.